The largest absolute Gasteiger partial charge is 0.380 e. The third kappa shape index (κ3) is 3.23. The topological polar surface area (TPSA) is 83.8 Å². The summed E-state index contributed by atoms with van der Waals surface area (Å²) < 4.78 is 15.8. The van der Waals surface area contributed by atoms with Crippen LogP contribution in [-0.2, 0) is 12.0 Å². The van der Waals surface area contributed by atoms with E-state index in [-0.39, 0.29) is 11.1 Å². The molecule has 2 heterocycles. The van der Waals surface area contributed by atoms with Gasteiger partial charge in [-0.3, -0.25) is 4.79 Å². The van der Waals surface area contributed by atoms with Gasteiger partial charge in [0.05, 0.1) is 6.20 Å². The van der Waals surface area contributed by atoms with E-state index in [0.29, 0.717) is 23.6 Å². The first kappa shape index (κ1) is 17.0. The van der Waals surface area contributed by atoms with Gasteiger partial charge >= 0.3 is 0 Å². The van der Waals surface area contributed by atoms with E-state index in [9.17, 15) is 14.3 Å². The van der Waals surface area contributed by atoms with Gasteiger partial charge in [-0.1, -0.05) is 19.1 Å². The lowest BCUT2D eigenvalue weighted by Gasteiger charge is -2.23. The van der Waals surface area contributed by atoms with Crippen LogP contribution >= 0.6 is 0 Å². The van der Waals surface area contributed by atoms with Gasteiger partial charge in [-0.2, -0.15) is 5.10 Å². The Morgan fingerprint density at radius 2 is 2.12 bits per heavy atom. The summed E-state index contributed by atoms with van der Waals surface area (Å²) in [5, 5.41) is 15.0. The minimum absolute atomic E-state index is 0.166. The second-order valence-electron chi connectivity index (χ2n) is 6.10. The van der Waals surface area contributed by atoms with E-state index in [4.69, 9.17) is 0 Å². The van der Waals surface area contributed by atoms with E-state index in [1.165, 1.54) is 36.1 Å². The number of benzene rings is 1. The summed E-state index contributed by atoms with van der Waals surface area (Å²) in [6.45, 7) is 5.11. The lowest BCUT2D eigenvalue weighted by molar-refractivity contribution is 0.0979. The molecule has 0 saturated heterocycles. The first-order valence-corrected chi connectivity index (χ1v) is 7.96. The fraction of sp³-hybridized carbons (Fsp3) is 0.278. The Hall–Kier alpha value is -2.80. The second kappa shape index (κ2) is 6.25. The molecular weight excluding hydrogens is 323 g/mol. The van der Waals surface area contributed by atoms with E-state index < -0.39 is 11.4 Å². The number of aliphatic hydroxyl groups is 1. The van der Waals surface area contributed by atoms with Gasteiger partial charge < -0.3 is 10.1 Å². The van der Waals surface area contributed by atoms with Gasteiger partial charge in [0.2, 0.25) is 0 Å². The van der Waals surface area contributed by atoms with Crippen LogP contribution in [0.3, 0.4) is 0 Å². The number of aromatic nitrogens is 4. The molecule has 1 atom stereocenters. The van der Waals surface area contributed by atoms with Crippen LogP contribution in [0.5, 0.6) is 0 Å². The average Bonchev–Trinajstić information content (AvgIpc) is 3.04. The van der Waals surface area contributed by atoms with Crippen molar-refractivity contribution in [3.8, 4) is 5.82 Å². The predicted molar refractivity (Wildman–Crippen MR) is 91.2 cm³/mol. The molecule has 0 amide bonds. The Labute approximate surface area is 144 Å². The van der Waals surface area contributed by atoms with Gasteiger partial charge in [0.1, 0.15) is 17.2 Å². The van der Waals surface area contributed by atoms with Crippen LogP contribution < -0.4 is 5.56 Å². The molecule has 0 fully saturated rings. The number of hydrogen-bond acceptors (Lipinski definition) is 4. The van der Waals surface area contributed by atoms with Crippen LogP contribution in [0.1, 0.15) is 36.4 Å². The number of rotatable bonds is 4. The maximum absolute atomic E-state index is 14.4. The number of nitrogens with one attached hydrogen (secondary N) is 1. The van der Waals surface area contributed by atoms with Crippen molar-refractivity contribution in [3.63, 3.8) is 0 Å². The number of hydrogen-bond donors (Lipinski definition) is 2. The van der Waals surface area contributed by atoms with Crippen LogP contribution in [0.15, 0.2) is 41.5 Å². The highest BCUT2D eigenvalue weighted by Crippen LogP contribution is 2.31. The summed E-state index contributed by atoms with van der Waals surface area (Å²) in [4.78, 5) is 18.3. The van der Waals surface area contributed by atoms with E-state index in [1.54, 1.807) is 19.1 Å². The molecule has 130 valence electrons. The molecule has 3 rings (SSSR count). The summed E-state index contributed by atoms with van der Waals surface area (Å²) in [5.41, 5.74) is -0.441. The Morgan fingerprint density at radius 3 is 2.76 bits per heavy atom. The molecule has 0 aliphatic carbocycles. The highest BCUT2D eigenvalue weighted by molar-refractivity contribution is 5.37. The molecule has 0 saturated carbocycles. The minimum Gasteiger partial charge on any atom is -0.380 e. The first-order valence-electron chi connectivity index (χ1n) is 7.96. The van der Waals surface area contributed by atoms with Crippen LogP contribution in [0.4, 0.5) is 4.39 Å². The Balaban J connectivity index is 2.02. The van der Waals surface area contributed by atoms with Crippen molar-refractivity contribution in [1.82, 2.24) is 19.7 Å². The quantitative estimate of drug-likeness (QED) is 0.761. The van der Waals surface area contributed by atoms with Gasteiger partial charge in [-0.05, 0) is 31.9 Å². The van der Waals surface area contributed by atoms with Crippen LogP contribution in [-0.4, -0.2) is 24.9 Å². The Bertz CT molecular complexity index is 975. The smallest absolute Gasteiger partial charge is 0.253 e. The molecular formula is C18H19FN4O2. The molecule has 0 aliphatic heterocycles. The van der Waals surface area contributed by atoms with Crippen molar-refractivity contribution in [3.05, 3.63) is 75.3 Å². The third-order valence-corrected chi connectivity index (χ3v) is 4.19. The fourth-order valence-electron chi connectivity index (χ4n) is 2.71. The van der Waals surface area contributed by atoms with E-state index in [1.807, 2.05) is 6.92 Å². The van der Waals surface area contributed by atoms with Crippen LogP contribution in [0, 0.1) is 12.7 Å². The zero-order chi connectivity index (χ0) is 18.2. The molecule has 25 heavy (non-hydrogen) atoms. The van der Waals surface area contributed by atoms with E-state index in [2.05, 4.69) is 15.1 Å². The molecule has 0 aliphatic rings. The average molecular weight is 342 g/mol. The number of aromatic amines is 1. The fourth-order valence-corrected chi connectivity index (χ4v) is 2.71. The second-order valence-corrected chi connectivity index (χ2v) is 6.10. The molecule has 2 aromatic heterocycles. The molecule has 3 aromatic rings. The van der Waals surface area contributed by atoms with Gasteiger partial charge in [-0.15, -0.1) is 0 Å². The van der Waals surface area contributed by atoms with Crippen molar-refractivity contribution in [2.45, 2.75) is 32.8 Å². The summed E-state index contributed by atoms with van der Waals surface area (Å²) >= 11 is 0. The molecule has 0 spiro atoms. The van der Waals surface area contributed by atoms with Gasteiger partial charge in [0.15, 0.2) is 5.82 Å². The lowest BCUT2D eigenvalue weighted by atomic mass is 9.89. The summed E-state index contributed by atoms with van der Waals surface area (Å²) in [6.07, 6.45) is 3.69. The van der Waals surface area contributed by atoms with E-state index in [0.717, 1.165) is 5.56 Å². The minimum atomic E-state index is -1.56. The van der Waals surface area contributed by atoms with Gasteiger partial charge in [-0.25, -0.2) is 14.1 Å². The Kier molecular flexibility index (Phi) is 4.26. The maximum atomic E-state index is 14.4. The number of aryl methyl sites for hydroxylation is 2. The molecule has 1 unspecified atom stereocenters. The van der Waals surface area contributed by atoms with Gasteiger partial charge in [0, 0.05) is 23.4 Å². The monoisotopic (exact) mass is 342 g/mol. The number of nitrogens with zero attached hydrogens (tertiary/aromatic N) is 3. The van der Waals surface area contributed by atoms with Crippen molar-refractivity contribution in [1.29, 1.82) is 0 Å². The SMILES string of the molecule is CCc1ccc(C(C)(O)c2cnn(-c3cc(=O)[nH]c(C)n3)c2)c(F)c1. The normalized spacial score (nSPS) is 13.6. The summed E-state index contributed by atoms with van der Waals surface area (Å²) in [7, 11) is 0. The Morgan fingerprint density at radius 1 is 1.36 bits per heavy atom. The van der Waals surface area contributed by atoms with Crippen molar-refractivity contribution in [2.24, 2.45) is 0 Å². The van der Waals surface area contributed by atoms with Crippen molar-refractivity contribution >= 4 is 0 Å². The van der Waals surface area contributed by atoms with Crippen LogP contribution in [0.25, 0.3) is 5.82 Å². The first-order chi connectivity index (χ1) is 11.8. The summed E-state index contributed by atoms with van der Waals surface area (Å²) in [6, 6.07) is 6.10. The zero-order valence-electron chi connectivity index (χ0n) is 14.2. The van der Waals surface area contributed by atoms with Crippen molar-refractivity contribution in [2.75, 3.05) is 0 Å². The molecule has 0 radical (unpaired) electrons. The zero-order valence-corrected chi connectivity index (χ0v) is 14.2. The highest BCUT2D eigenvalue weighted by Gasteiger charge is 2.30. The molecule has 0 bridgehead atoms. The third-order valence-electron chi connectivity index (χ3n) is 4.19. The maximum Gasteiger partial charge on any atom is 0.253 e. The van der Waals surface area contributed by atoms with E-state index >= 15 is 0 Å². The number of halogens is 1. The standard InChI is InChI=1S/C18H19FN4O2/c1-4-12-5-6-14(15(19)7-12)18(3,25)13-9-20-23(10-13)16-8-17(24)22-11(2)21-16/h5-10,25H,4H2,1-3H3,(H,21,22,24). The summed E-state index contributed by atoms with van der Waals surface area (Å²) in [5.74, 6) is 0.305. The van der Waals surface area contributed by atoms with Gasteiger partial charge in [0.25, 0.3) is 5.56 Å². The molecule has 2 N–H and O–H groups in total. The molecule has 7 heteroatoms. The number of H-pyrrole nitrogens is 1. The van der Waals surface area contributed by atoms with Crippen molar-refractivity contribution < 1.29 is 9.50 Å². The lowest BCUT2D eigenvalue weighted by Crippen LogP contribution is -2.24. The highest BCUT2D eigenvalue weighted by atomic mass is 19.1. The van der Waals surface area contributed by atoms with Crippen LogP contribution in [0.2, 0.25) is 0 Å². The predicted octanol–water partition coefficient (Wildman–Crippen LogP) is 2.22. The molecule has 1 aromatic carbocycles. The molecule has 6 nitrogen and oxygen atoms in total.